The van der Waals surface area contributed by atoms with Crippen molar-refractivity contribution in [3.8, 4) is 22.5 Å². The summed E-state index contributed by atoms with van der Waals surface area (Å²) in [5, 5.41) is 14.5. The van der Waals surface area contributed by atoms with Crippen molar-refractivity contribution < 1.29 is 4.74 Å². The van der Waals surface area contributed by atoms with E-state index in [2.05, 4.69) is 44.9 Å². The van der Waals surface area contributed by atoms with Crippen molar-refractivity contribution in [1.29, 1.82) is 0 Å². The van der Waals surface area contributed by atoms with Gasteiger partial charge in [-0.25, -0.2) is 14.3 Å². The molecule has 1 unspecified atom stereocenters. The van der Waals surface area contributed by atoms with E-state index in [9.17, 15) is 9.59 Å². The van der Waals surface area contributed by atoms with Gasteiger partial charge in [0.1, 0.15) is 12.1 Å². The minimum atomic E-state index is -0.697. The van der Waals surface area contributed by atoms with Crippen LogP contribution in [0, 0.1) is 0 Å². The summed E-state index contributed by atoms with van der Waals surface area (Å²) in [4.78, 5) is 32.3. The fourth-order valence-corrected chi connectivity index (χ4v) is 6.00. The van der Waals surface area contributed by atoms with E-state index in [1.165, 1.54) is 18.1 Å². The summed E-state index contributed by atoms with van der Waals surface area (Å²) >= 11 is 0. The molecule has 6 rings (SSSR count). The Morgan fingerprint density at radius 2 is 1.73 bits per heavy atom. The van der Waals surface area contributed by atoms with Crippen LogP contribution in [0.5, 0.6) is 0 Å². The van der Waals surface area contributed by atoms with Gasteiger partial charge in [-0.1, -0.05) is 67.8 Å². The smallest absolute Gasteiger partial charge is 0.334 e. The number of hydrogen-bond acceptors (Lipinski definition) is 7. The highest BCUT2D eigenvalue weighted by atomic mass is 16.5. The van der Waals surface area contributed by atoms with Crippen LogP contribution < -0.4 is 11.2 Å². The number of rotatable bonds is 8. The molecule has 5 aromatic rings. The average Bonchev–Trinajstić information content (AvgIpc) is 3.67. The van der Waals surface area contributed by atoms with Gasteiger partial charge in [0.25, 0.3) is 5.56 Å². The van der Waals surface area contributed by atoms with Gasteiger partial charge in [0.2, 0.25) is 5.82 Å². The van der Waals surface area contributed by atoms with Crippen molar-refractivity contribution in [3.05, 3.63) is 80.8 Å². The van der Waals surface area contributed by atoms with Gasteiger partial charge in [0, 0.05) is 31.7 Å². The van der Waals surface area contributed by atoms with Crippen LogP contribution in [0.1, 0.15) is 69.5 Å². The summed E-state index contributed by atoms with van der Waals surface area (Å²) < 4.78 is 10.3. The van der Waals surface area contributed by atoms with Gasteiger partial charge < -0.3 is 9.30 Å². The van der Waals surface area contributed by atoms with E-state index in [1.807, 2.05) is 35.8 Å². The first-order valence-corrected chi connectivity index (χ1v) is 14.2. The molecule has 1 aliphatic rings. The van der Waals surface area contributed by atoms with Crippen LogP contribution in [0.2, 0.25) is 0 Å². The zero-order chi connectivity index (χ0) is 28.5. The van der Waals surface area contributed by atoms with E-state index >= 15 is 0 Å². The first kappa shape index (κ1) is 26.8. The van der Waals surface area contributed by atoms with Crippen molar-refractivity contribution in [2.24, 2.45) is 0 Å². The van der Waals surface area contributed by atoms with E-state index in [-0.39, 0.29) is 11.5 Å². The van der Waals surface area contributed by atoms with Gasteiger partial charge in [-0.2, -0.15) is 5.21 Å². The predicted octanol–water partition coefficient (Wildman–Crippen LogP) is 4.49. The van der Waals surface area contributed by atoms with Gasteiger partial charge in [-0.05, 0) is 48.6 Å². The molecule has 212 valence electrons. The number of imidazole rings is 1. The van der Waals surface area contributed by atoms with Crippen LogP contribution in [0.3, 0.4) is 0 Å². The molecule has 0 amide bonds. The van der Waals surface area contributed by atoms with Crippen LogP contribution in [0.4, 0.5) is 0 Å². The molecular weight excluding hydrogens is 520 g/mol. The zero-order valence-electron chi connectivity index (χ0n) is 23.6. The molecule has 1 aliphatic carbocycles. The molecule has 1 fully saturated rings. The maximum absolute atomic E-state index is 13.9. The molecule has 1 saturated carbocycles. The molecule has 0 aliphatic heterocycles. The molecule has 0 saturated heterocycles. The van der Waals surface area contributed by atoms with Crippen molar-refractivity contribution in [2.75, 3.05) is 7.11 Å². The van der Waals surface area contributed by atoms with E-state index in [0.717, 1.165) is 53.8 Å². The Balaban J connectivity index is 1.47. The number of nitrogens with zero attached hydrogens (tertiary/aromatic N) is 7. The number of hydrogen-bond donors (Lipinski definition) is 1. The first-order chi connectivity index (χ1) is 20.0. The number of tetrazole rings is 1. The maximum Gasteiger partial charge on any atom is 0.334 e. The third kappa shape index (κ3) is 4.80. The van der Waals surface area contributed by atoms with Crippen molar-refractivity contribution in [2.45, 2.75) is 71.2 Å². The third-order valence-electron chi connectivity index (χ3n) is 8.20. The number of fused-ring (bicyclic) bond motifs is 1. The topological polar surface area (TPSA) is 126 Å². The minimum absolute atomic E-state index is 0.241. The summed E-state index contributed by atoms with van der Waals surface area (Å²) in [6, 6.07) is 16.2. The van der Waals surface area contributed by atoms with Gasteiger partial charge in [0.05, 0.1) is 0 Å². The quantitative estimate of drug-likeness (QED) is 0.300. The monoisotopic (exact) mass is 554 g/mol. The van der Waals surface area contributed by atoms with Gasteiger partial charge in [-0.15, -0.1) is 10.2 Å². The normalized spacial score (nSPS) is 15.0. The third-order valence-corrected chi connectivity index (χ3v) is 8.20. The first-order valence-electron chi connectivity index (χ1n) is 14.2. The SMILES string of the molecule is CCn1c(=O)n(C(C)OC)c(=O)c2c1nc(C1CCCCC1)n2Cc1ccc(-c2ccccc2-c2nn[nH]n2)cc1. The number of H-pyrrole nitrogens is 1. The van der Waals surface area contributed by atoms with Crippen molar-refractivity contribution >= 4 is 11.2 Å². The average molecular weight is 555 g/mol. The lowest BCUT2D eigenvalue weighted by Crippen LogP contribution is -2.42. The molecule has 1 atom stereocenters. The fourth-order valence-electron chi connectivity index (χ4n) is 6.00. The van der Waals surface area contributed by atoms with E-state index in [0.29, 0.717) is 30.1 Å². The van der Waals surface area contributed by atoms with Crippen LogP contribution in [-0.2, 0) is 17.8 Å². The van der Waals surface area contributed by atoms with E-state index < -0.39 is 11.9 Å². The summed E-state index contributed by atoms with van der Waals surface area (Å²) in [6.07, 6.45) is 4.82. The van der Waals surface area contributed by atoms with Gasteiger partial charge in [-0.3, -0.25) is 9.36 Å². The Morgan fingerprint density at radius 1 is 1.00 bits per heavy atom. The maximum atomic E-state index is 13.9. The van der Waals surface area contributed by atoms with Crippen LogP contribution >= 0.6 is 0 Å². The summed E-state index contributed by atoms with van der Waals surface area (Å²) in [5.41, 5.74) is 4.07. The minimum Gasteiger partial charge on any atom is -0.361 e. The Kier molecular flexibility index (Phi) is 7.36. The lowest BCUT2D eigenvalue weighted by molar-refractivity contribution is 0.0531. The van der Waals surface area contributed by atoms with E-state index in [1.54, 1.807) is 11.5 Å². The van der Waals surface area contributed by atoms with Crippen molar-refractivity contribution in [3.63, 3.8) is 0 Å². The summed E-state index contributed by atoms with van der Waals surface area (Å²) in [6.45, 7) is 4.48. The molecule has 0 spiro atoms. The Labute approximate surface area is 236 Å². The van der Waals surface area contributed by atoms with E-state index in [4.69, 9.17) is 9.72 Å². The van der Waals surface area contributed by atoms with Gasteiger partial charge in [0.15, 0.2) is 11.2 Å². The molecule has 0 radical (unpaired) electrons. The number of benzene rings is 2. The molecule has 1 N–H and O–H groups in total. The van der Waals surface area contributed by atoms with Gasteiger partial charge >= 0.3 is 5.69 Å². The lowest BCUT2D eigenvalue weighted by Gasteiger charge is -2.22. The van der Waals surface area contributed by atoms with Crippen LogP contribution in [0.25, 0.3) is 33.7 Å². The molecule has 11 heteroatoms. The standard InChI is InChI=1S/C30H34N8O3/c1-4-36-28-25(29(39)38(30(36)40)19(2)41-3)37(27(31-28)22-10-6-5-7-11-22)18-20-14-16-21(17-15-20)23-12-8-9-13-24(23)26-32-34-35-33-26/h8-9,12-17,19,22H,4-7,10-11,18H2,1-3H3,(H,32,33,34,35). The second-order valence-corrected chi connectivity index (χ2v) is 10.6. The molecule has 3 aromatic heterocycles. The second kappa shape index (κ2) is 11.2. The molecule has 11 nitrogen and oxygen atoms in total. The molecular formula is C30H34N8O3. The zero-order valence-corrected chi connectivity index (χ0v) is 23.6. The molecule has 0 bridgehead atoms. The lowest BCUT2D eigenvalue weighted by atomic mass is 9.88. The highest BCUT2D eigenvalue weighted by Crippen LogP contribution is 2.34. The summed E-state index contributed by atoms with van der Waals surface area (Å²) in [5.74, 6) is 1.66. The molecule has 3 heterocycles. The van der Waals surface area contributed by atoms with Crippen molar-refractivity contribution in [1.82, 2.24) is 39.3 Å². The molecule has 41 heavy (non-hydrogen) atoms. The number of nitrogens with one attached hydrogen (secondary N) is 1. The molecule has 2 aromatic carbocycles. The Morgan fingerprint density at radius 3 is 2.39 bits per heavy atom. The van der Waals surface area contributed by atoms with Crippen LogP contribution in [0.15, 0.2) is 58.1 Å². The number of methoxy groups -OCH3 is 1. The fraction of sp³-hybridized carbons (Fsp3) is 0.400. The number of aryl methyl sites for hydroxylation is 1. The number of aromatic amines is 1. The predicted molar refractivity (Wildman–Crippen MR) is 156 cm³/mol. The Hall–Kier alpha value is -4.38. The largest absolute Gasteiger partial charge is 0.361 e. The number of ether oxygens (including phenoxy) is 1. The highest BCUT2D eigenvalue weighted by Gasteiger charge is 2.28. The second-order valence-electron chi connectivity index (χ2n) is 10.6. The highest BCUT2D eigenvalue weighted by molar-refractivity contribution is 5.80. The number of aromatic nitrogens is 8. The van der Waals surface area contributed by atoms with Crippen LogP contribution in [-0.4, -0.2) is 46.4 Å². The Bertz CT molecular complexity index is 1780. The summed E-state index contributed by atoms with van der Waals surface area (Å²) in [7, 11) is 1.50.